The highest BCUT2D eigenvalue weighted by Crippen LogP contribution is 2.44. The summed E-state index contributed by atoms with van der Waals surface area (Å²) in [5, 5.41) is 10.1. The highest BCUT2D eigenvalue weighted by molar-refractivity contribution is 6.74. The van der Waals surface area contributed by atoms with Crippen LogP contribution in [0.1, 0.15) is 41.5 Å². The quantitative estimate of drug-likeness (QED) is 0.811. The smallest absolute Gasteiger partial charge is 0.192 e. The lowest BCUT2D eigenvalue weighted by molar-refractivity contribution is -0.223. The van der Waals surface area contributed by atoms with E-state index in [4.69, 9.17) is 18.6 Å². The Morgan fingerprint density at radius 3 is 2.24 bits per heavy atom. The first-order valence-corrected chi connectivity index (χ1v) is 10.6. The second-order valence-corrected chi connectivity index (χ2v) is 12.9. The van der Waals surface area contributed by atoms with Crippen molar-refractivity contribution < 1.29 is 23.7 Å². The van der Waals surface area contributed by atoms with Gasteiger partial charge in [0.25, 0.3) is 0 Å². The molecule has 1 N–H and O–H groups in total. The van der Waals surface area contributed by atoms with Crippen LogP contribution < -0.4 is 0 Å². The van der Waals surface area contributed by atoms with Crippen LogP contribution in [0.2, 0.25) is 18.1 Å². The first kappa shape index (κ1) is 17.4. The topological polar surface area (TPSA) is 57.2 Å². The number of aliphatic hydroxyl groups is 1. The SMILES string of the molecule is C[C@@H](O)[C@@H]1O[C@H]2OC(C)(C)O[C@H]2[C@@H]1O[Si](C)(C)C(C)(C)C. The van der Waals surface area contributed by atoms with Crippen molar-refractivity contribution in [3.05, 3.63) is 0 Å². The Kier molecular flexibility index (Phi) is 4.37. The van der Waals surface area contributed by atoms with E-state index in [0.717, 1.165) is 0 Å². The molecule has 0 unspecified atom stereocenters. The zero-order valence-corrected chi connectivity index (χ0v) is 15.5. The molecule has 2 heterocycles. The summed E-state index contributed by atoms with van der Waals surface area (Å²) >= 11 is 0. The standard InChI is InChI=1S/C15H30O5Si/c1-9(16)10-11(20-21(7,8)14(2,3)4)12-13(17-10)19-15(5,6)18-12/h9-13,16H,1-8H3/t9-,10+,11-,12+,13+/m1/s1. The van der Waals surface area contributed by atoms with Crippen LogP contribution in [0.4, 0.5) is 0 Å². The minimum absolute atomic E-state index is 0.0866. The molecule has 0 aromatic rings. The number of hydrogen-bond donors (Lipinski definition) is 1. The molecule has 2 rings (SSSR count). The van der Waals surface area contributed by atoms with Crippen molar-refractivity contribution in [1.29, 1.82) is 0 Å². The highest BCUT2D eigenvalue weighted by Gasteiger charge is 2.58. The molecule has 124 valence electrons. The van der Waals surface area contributed by atoms with Crippen molar-refractivity contribution in [3.8, 4) is 0 Å². The molecular weight excluding hydrogens is 288 g/mol. The number of hydrogen-bond acceptors (Lipinski definition) is 5. The van der Waals surface area contributed by atoms with Crippen LogP contribution in [0.15, 0.2) is 0 Å². The van der Waals surface area contributed by atoms with Crippen LogP contribution in [0, 0.1) is 0 Å². The summed E-state index contributed by atoms with van der Waals surface area (Å²) in [4.78, 5) is 0. The third-order valence-electron chi connectivity index (χ3n) is 4.74. The van der Waals surface area contributed by atoms with Crippen molar-refractivity contribution in [2.45, 2.75) is 96.2 Å². The maximum atomic E-state index is 10.0. The van der Waals surface area contributed by atoms with E-state index in [1.54, 1.807) is 6.92 Å². The summed E-state index contributed by atoms with van der Waals surface area (Å²) in [6.45, 7) is 16.4. The zero-order chi connectivity index (χ0) is 16.2. The molecule has 0 amide bonds. The second-order valence-electron chi connectivity index (χ2n) is 8.15. The maximum Gasteiger partial charge on any atom is 0.192 e. The molecule has 0 aliphatic carbocycles. The van der Waals surface area contributed by atoms with E-state index in [2.05, 4.69) is 33.9 Å². The van der Waals surface area contributed by atoms with E-state index in [-0.39, 0.29) is 17.2 Å². The fourth-order valence-corrected chi connectivity index (χ4v) is 3.85. The summed E-state index contributed by atoms with van der Waals surface area (Å²) in [5.41, 5.74) is 0. The van der Waals surface area contributed by atoms with Crippen molar-refractivity contribution >= 4 is 8.32 Å². The average molecular weight is 318 g/mol. The van der Waals surface area contributed by atoms with Gasteiger partial charge in [0.1, 0.15) is 18.3 Å². The number of fused-ring (bicyclic) bond motifs is 1. The summed E-state index contributed by atoms with van der Waals surface area (Å²) in [7, 11) is -1.99. The molecular formula is C15H30O5Si. The lowest BCUT2D eigenvalue weighted by atomic mass is 10.1. The molecule has 0 spiro atoms. The van der Waals surface area contributed by atoms with Crippen molar-refractivity contribution in [2.24, 2.45) is 0 Å². The van der Waals surface area contributed by atoms with Gasteiger partial charge in [-0.25, -0.2) is 0 Å². The second kappa shape index (κ2) is 5.28. The van der Waals surface area contributed by atoms with Gasteiger partial charge in [-0.05, 0) is 38.9 Å². The van der Waals surface area contributed by atoms with E-state index in [1.165, 1.54) is 0 Å². The monoisotopic (exact) mass is 318 g/mol. The van der Waals surface area contributed by atoms with Gasteiger partial charge in [0.05, 0.1) is 6.10 Å². The van der Waals surface area contributed by atoms with Crippen LogP contribution in [-0.4, -0.2) is 49.9 Å². The average Bonchev–Trinajstić information content (AvgIpc) is 2.70. The molecule has 2 aliphatic heterocycles. The third kappa shape index (κ3) is 3.35. The fraction of sp³-hybridized carbons (Fsp3) is 1.00. The van der Waals surface area contributed by atoms with E-state index >= 15 is 0 Å². The van der Waals surface area contributed by atoms with Crippen LogP contribution in [0.25, 0.3) is 0 Å². The Bertz CT molecular complexity index is 388. The largest absolute Gasteiger partial charge is 0.408 e. The molecule has 21 heavy (non-hydrogen) atoms. The zero-order valence-electron chi connectivity index (χ0n) is 14.5. The van der Waals surface area contributed by atoms with Gasteiger partial charge in [-0.2, -0.15) is 0 Å². The normalized spacial score (nSPS) is 37.6. The lowest BCUT2D eigenvalue weighted by Gasteiger charge is -2.40. The summed E-state index contributed by atoms with van der Waals surface area (Å²) in [5.74, 6) is -0.673. The molecule has 5 atom stereocenters. The van der Waals surface area contributed by atoms with Gasteiger partial charge in [0.2, 0.25) is 0 Å². The maximum absolute atomic E-state index is 10.0. The van der Waals surface area contributed by atoms with Crippen LogP contribution in [-0.2, 0) is 18.6 Å². The van der Waals surface area contributed by atoms with Crippen LogP contribution in [0.5, 0.6) is 0 Å². The van der Waals surface area contributed by atoms with E-state index in [0.29, 0.717) is 0 Å². The first-order chi connectivity index (χ1) is 9.34. The van der Waals surface area contributed by atoms with Gasteiger partial charge in [-0.15, -0.1) is 0 Å². The summed E-state index contributed by atoms with van der Waals surface area (Å²) in [6, 6.07) is 0. The van der Waals surface area contributed by atoms with E-state index < -0.39 is 32.6 Å². The molecule has 0 aromatic heterocycles. The van der Waals surface area contributed by atoms with Gasteiger partial charge >= 0.3 is 0 Å². The Hall–Kier alpha value is 0.0169. The molecule has 6 heteroatoms. The van der Waals surface area contributed by atoms with Crippen molar-refractivity contribution in [2.75, 3.05) is 0 Å². The fourth-order valence-electron chi connectivity index (χ4n) is 2.54. The Morgan fingerprint density at radius 1 is 1.19 bits per heavy atom. The molecule has 5 nitrogen and oxygen atoms in total. The van der Waals surface area contributed by atoms with Gasteiger partial charge in [0, 0.05) is 0 Å². The van der Waals surface area contributed by atoms with Gasteiger partial charge in [0.15, 0.2) is 20.4 Å². The van der Waals surface area contributed by atoms with Crippen molar-refractivity contribution in [1.82, 2.24) is 0 Å². The van der Waals surface area contributed by atoms with Gasteiger partial charge in [-0.1, -0.05) is 20.8 Å². The van der Waals surface area contributed by atoms with Crippen LogP contribution in [0.3, 0.4) is 0 Å². The van der Waals surface area contributed by atoms with E-state index in [9.17, 15) is 5.11 Å². The number of ether oxygens (including phenoxy) is 3. The predicted octanol–water partition coefficient (Wildman–Crippen LogP) is 2.63. The molecule has 0 bridgehead atoms. The minimum atomic E-state index is -1.99. The van der Waals surface area contributed by atoms with Crippen molar-refractivity contribution in [3.63, 3.8) is 0 Å². The lowest BCUT2D eigenvalue weighted by Crippen LogP contribution is -2.51. The van der Waals surface area contributed by atoms with Crippen LogP contribution >= 0.6 is 0 Å². The Labute approximate surface area is 129 Å². The Balaban J connectivity index is 2.21. The third-order valence-corrected chi connectivity index (χ3v) is 9.21. The molecule has 2 fully saturated rings. The predicted molar refractivity (Wildman–Crippen MR) is 82.4 cm³/mol. The number of rotatable bonds is 3. The molecule has 2 saturated heterocycles. The molecule has 0 aromatic carbocycles. The van der Waals surface area contributed by atoms with E-state index in [1.807, 2.05) is 13.8 Å². The van der Waals surface area contributed by atoms with Gasteiger partial charge < -0.3 is 23.7 Å². The molecule has 0 radical (unpaired) electrons. The Morgan fingerprint density at radius 2 is 1.76 bits per heavy atom. The molecule has 2 aliphatic rings. The minimum Gasteiger partial charge on any atom is -0.408 e. The number of aliphatic hydroxyl groups excluding tert-OH is 1. The highest BCUT2D eigenvalue weighted by atomic mass is 28.4. The summed E-state index contributed by atoms with van der Waals surface area (Å²) < 4.78 is 24.1. The first-order valence-electron chi connectivity index (χ1n) is 7.71. The summed E-state index contributed by atoms with van der Waals surface area (Å²) in [6.07, 6.45) is -2.08. The van der Waals surface area contributed by atoms with Gasteiger partial charge in [-0.3, -0.25) is 0 Å². The molecule has 0 saturated carbocycles.